The van der Waals surface area contributed by atoms with Gasteiger partial charge in [-0.2, -0.15) is 0 Å². The highest BCUT2D eigenvalue weighted by atomic mass is 16.1. The molecule has 0 spiro atoms. The zero-order valence-corrected chi connectivity index (χ0v) is 10.8. The Morgan fingerprint density at radius 3 is 1.83 bits per heavy atom. The van der Waals surface area contributed by atoms with Crippen LogP contribution in [0.1, 0.15) is 54.4 Å². The molecule has 1 heteroatoms. The number of aldehydes is 1. The van der Waals surface area contributed by atoms with Gasteiger partial charge >= 0.3 is 0 Å². The van der Waals surface area contributed by atoms with Gasteiger partial charge in [-0.25, -0.2) is 0 Å². The van der Waals surface area contributed by atoms with Gasteiger partial charge in [-0.05, 0) is 67.3 Å². The maximum atomic E-state index is 10.8. The van der Waals surface area contributed by atoms with E-state index in [1.807, 2.05) is 12.1 Å². The van der Waals surface area contributed by atoms with Crippen LogP contribution in [0, 0.1) is 17.8 Å². The average Bonchev–Trinajstić information content (AvgIpc) is 2.37. The number of carbonyl (C=O) groups excluding carboxylic acids is 1. The molecule has 0 radical (unpaired) electrons. The smallest absolute Gasteiger partial charge is 0.150 e. The van der Waals surface area contributed by atoms with Crippen LogP contribution in [-0.4, -0.2) is 6.29 Å². The fraction of sp³-hybridized carbons (Fsp3) is 0.588. The summed E-state index contributed by atoms with van der Waals surface area (Å²) in [6.07, 6.45) is 9.63. The summed E-state index contributed by atoms with van der Waals surface area (Å²) in [5.41, 5.74) is 2.78. The predicted octanol–water partition coefficient (Wildman–Crippen LogP) is 3.97. The Morgan fingerprint density at radius 1 is 0.889 bits per heavy atom. The first kappa shape index (κ1) is 10.8. The molecule has 0 saturated heterocycles. The Kier molecular flexibility index (Phi) is 2.21. The molecule has 4 aliphatic carbocycles. The van der Waals surface area contributed by atoms with Crippen molar-refractivity contribution in [2.45, 2.75) is 43.9 Å². The van der Waals surface area contributed by atoms with Gasteiger partial charge in [0, 0.05) is 5.56 Å². The summed E-state index contributed by atoms with van der Waals surface area (Å²) in [4.78, 5) is 10.8. The van der Waals surface area contributed by atoms with Crippen LogP contribution < -0.4 is 0 Å². The van der Waals surface area contributed by atoms with E-state index in [-0.39, 0.29) is 0 Å². The second-order valence-corrected chi connectivity index (χ2v) is 6.94. The molecular weight excluding hydrogens is 220 g/mol. The molecule has 0 aliphatic heterocycles. The van der Waals surface area contributed by atoms with E-state index >= 15 is 0 Å². The van der Waals surface area contributed by atoms with Crippen LogP contribution in [0.4, 0.5) is 0 Å². The molecule has 4 bridgehead atoms. The quantitative estimate of drug-likeness (QED) is 0.715. The van der Waals surface area contributed by atoms with E-state index in [1.165, 1.54) is 44.1 Å². The van der Waals surface area contributed by atoms with Gasteiger partial charge in [0.05, 0.1) is 0 Å². The SMILES string of the molecule is O=Cc1ccc(C23CC4CC(CC(C4)C2)C3)cc1. The van der Waals surface area contributed by atoms with Crippen molar-refractivity contribution in [1.29, 1.82) is 0 Å². The number of rotatable bonds is 2. The van der Waals surface area contributed by atoms with Crippen LogP contribution >= 0.6 is 0 Å². The van der Waals surface area contributed by atoms with E-state index in [4.69, 9.17) is 0 Å². The lowest BCUT2D eigenvalue weighted by Crippen LogP contribution is -2.48. The van der Waals surface area contributed by atoms with E-state index in [2.05, 4.69) is 12.1 Å². The van der Waals surface area contributed by atoms with Gasteiger partial charge in [0.1, 0.15) is 6.29 Å². The van der Waals surface area contributed by atoms with Gasteiger partial charge in [0.2, 0.25) is 0 Å². The molecule has 1 nitrogen and oxygen atoms in total. The Balaban J connectivity index is 1.72. The third kappa shape index (κ3) is 1.49. The lowest BCUT2D eigenvalue weighted by molar-refractivity contribution is -0.00519. The minimum Gasteiger partial charge on any atom is -0.298 e. The first-order valence-electron chi connectivity index (χ1n) is 7.33. The van der Waals surface area contributed by atoms with Crippen LogP contribution in [0.2, 0.25) is 0 Å². The molecule has 4 fully saturated rings. The maximum absolute atomic E-state index is 10.8. The van der Waals surface area contributed by atoms with E-state index < -0.39 is 0 Å². The molecule has 1 aromatic carbocycles. The van der Waals surface area contributed by atoms with Crippen molar-refractivity contribution >= 4 is 6.29 Å². The second-order valence-electron chi connectivity index (χ2n) is 6.94. The van der Waals surface area contributed by atoms with E-state index in [9.17, 15) is 4.79 Å². The first-order chi connectivity index (χ1) is 8.77. The van der Waals surface area contributed by atoms with Crippen LogP contribution in [0.3, 0.4) is 0 Å². The Hall–Kier alpha value is -1.11. The molecule has 0 aromatic heterocycles. The van der Waals surface area contributed by atoms with Crippen molar-refractivity contribution in [2.24, 2.45) is 17.8 Å². The van der Waals surface area contributed by atoms with Crippen molar-refractivity contribution in [3.05, 3.63) is 35.4 Å². The molecule has 0 N–H and O–H groups in total. The maximum Gasteiger partial charge on any atom is 0.150 e. The minimum absolute atomic E-state index is 0.468. The molecule has 18 heavy (non-hydrogen) atoms. The fourth-order valence-corrected chi connectivity index (χ4v) is 5.38. The fourth-order valence-electron chi connectivity index (χ4n) is 5.38. The molecule has 4 saturated carbocycles. The van der Waals surface area contributed by atoms with Crippen LogP contribution in [0.25, 0.3) is 0 Å². The molecule has 0 heterocycles. The highest BCUT2D eigenvalue weighted by molar-refractivity contribution is 5.74. The summed E-state index contributed by atoms with van der Waals surface area (Å²) in [6, 6.07) is 8.44. The number of benzene rings is 1. The first-order valence-corrected chi connectivity index (χ1v) is 7.33. The number of hydrogen-bond donors (Lipinski definition) is 0. The third-order valence-corrected chi connectivity index (χ3v) is 5.70. The number of hydrogen-bond acceptors (Lipinski definition) is 1. The van der Waals surface area contributed by atoms with Crippen molar-refractivity contribution < 1.29 is 4.79 Å². The van der Waals surface area contributed by atoms with Gasteiger partial charge in [0.25, 0.3) is 0 Å². The molecule has 0 unspecified atom stereocenters. The van der Waals surface area contributed by atoms with Crippen LogP contribution in [-0.2, 0) is 5.41 Å². The predicted molar refractivity (Wildman–Crippen MR) is 71.7 cm³/mol. The molecule has 1 aromatic rings. The van der Waals surface area contributed by atoms with Gasteiger partial charge in [-0.3, -0.25) is 4.79 Å². The molecule has 5 rings (SSSR count). The van der Waals surface area contributed by atoms with Gasteiger partial charge in [-0.1, -0.05) is 24.3 Å². The van der Waals surface area contributed by atoms with Crippen molar-refractivity contribution in [2.75, 3.05) is 0 Å². The Morgan fingerprint density at radius 2 is 1.39 bits per heavy atom. The van der Waals surface area contributed by atoms with E-state index in [0.717, 1.165) is 29.6 Å². The van der Waals surface area contributed by atoms with Crippen LogP contribution in [0.15, 0.2) is 24.3 Å². The lowest BCUT2D eigenvalue weighted by atomic mass is 9.48. The van der Waals surface area contributed by atoms with Crippen molar-refractivity contribution in [3.8, 4) is 0 Å². The zero-order chi connectivity index (χ0) is 12.2. The molecule has 0 amide bonds. The molecule has 0 atom stereocenters. The van der Waals surface area contributed by atoms with E-state index in [1.54, 1.807) is 0 Å². The highest BCUT2D eigenvalue weighted by Gasteiger charge is 2.51. The average molecular weight is 240 g/mol. The minimum atomic E-state index is 0.468. The highest BCUT2D eigenvalue weighted by Crippen LogP contribution is 2.60. The lowest BCUT2D eigenvalue weighted by Gasteiger charge is -2.57. The number of carbonyl (C=O) groups is 1. The van der Waals surface area contributed by atoms with Gasteiger partial charge in [0.15, 0.2) is 0 Å². The topological polar surface area (TPSA) is 17.1 Å². The Bertz CT molecular complexity index is 436. The van der Waals surface area contributed by atoms with Crippen molar-refractivity contribution in [3.63, 3.8) is 0 Å². The summed E-state index contributed by atoms with van der Waals surface area (Å²) in [7, 11) is 0. The summed E-state index contributed by atoms with van der Waals surface area (Å²) in [5, 5.41) is 0. The standard InChI is InChI=1S/C17H20O/c18-11-12-1-3-16(4-2-12)17-8-13-5-14(9-17)7-15(6-13)10-17/h1-4,11,13-15H,5-10H2. The Labute approximate surface area is 109 Å². The summed E-state index contributed by atoms with van der Waals surface area (Å²) in [6.45, 7) is 0. The van der Waals surface area contributed by atoms with Gasteiger partial charge < -0.3 is 0 Å². The third-order valence-electron chi connectivity index (χ3n) is 5.70. The summed E-state index contributed by atoms with van der Waals surface area (Å²) in [5.74, 6) is 2.96. The zero-order valence-electron chi connectivity index (χ0n) is 10.8. The van der Waals surface area contributed by atoms with Gasteiger partial charge in [-0.15, -0.1) is 0 Å². The van der Waals surface area contributed by atoms with Crippen LogP contribution in [0.5, 0.6) is 0 Å². The second kappa shape index (κ2) is 3.69. The molecule has 94 valence electrons. The van der Waals surface area contributed by atoms with E-state index in [0.29, 0.717) is 5.41 Å². The normalized spacial score (nSPS) is 41.0. The monoisotopic (exact) mass is 240 g/mol. The summed E-state index contributed by atoms with van der Waals surface area (Å²) >= 11 is 0. The van der Waals surface area contributed by atoms with Crippen molar-refractivity contribution in [1.82, 2.24) is 0 Å². The summed E-state index contributed by atoms with van der Waals surface area (Å²) < 4.78 is 0. The largest absolute Gasteiger partial charge is 0.298 e. The molecular formula is C17H20O. The molecule has 4 aliphatic rings.